The number of esters is 1. The van der Waals surface area contributed by atoms with E-state index in [1.54, 1.807) is 6.92 Å². The summed E-state index contributed by atoms with van der Waals surface area (Å²) in [5, 5.41) is 8.70. The lowest BCUT2D eigenvalue weighted by molar-refractivity contribution is 0.0518. The van der Waals surface area contributed by atoms with Crippen LogP contribution in [0.2, 0.25) is 0 Å². The number of hydrogen-bond donors (Lipinski definition) is 0. The molecule has 1 heterocycles. The fraction of sp³-hybridized carbons (Fsp3) is 0.300. The van der Waals surface area contributed by atoms with Gasteiger partial charge in [-0.25, -0.2) is 9.78 Å². The van der Waals surface area contributed by atoms with E-state index in [0.717, 1.165) is 0 Å². The highest BCUT2D eigenvalue weighted by Crippen LogP contribution is 2.14. The summed E-state index contributed by atoms with van der Waals surface area (Å²) in [7, 11) is 1.39. The third kappa shape index (κ3) is 2.44. The van der Waals surface area contributed by atoms with Crippen molar-refractivity contribution in [1.29, 1.82) is 5.26 Å². The Bertz CT molecular complexity index is 410. The highest BCUT2D eigenvalue weighted by molar-refractivity contribution is 5.87. The lowest BCUT2D eigenvalue weighted by Gasteiger charge is -2.04. The zero-order valence-corrected chi connectivity index (χ0v) is 8.48. The molecule has 0 aliphatic heterocycles. The molecule has 78 valence electrons. The molecule has 0 saturated heterocycles. The van der Waals surface area contributed by atoms with E-state index in [1.807, 2.05) is 6.07 Å². The average Bonchev–Trinajstić information content (AvgIpc) is 2.28. The minimum absolute atomic E-state index is 0.128. The topological polar surface area (TPSA) is 72.2 Å². The number of nitrogens with zero attached hydrogens (tertiary/aromatic N) is 2. The van der Waals surface area contributed by atoms with Gasteiger partial charge in [0.2, 0.25) is 5.88 Å². The van der Waals surface area contributed by atoms with Crippen molar-refractivity contribution in [3.63, 3.8) is 0 Å². The first kappa shape index (κ1) is 11.0. The van der Waals surface area contributed by atoms with Crippen molar-refractivity contribution in [3.05, 3.63) is 23.4 Å². The van der Waals surface area contributed by atoms with E-state index in [-0.39, 0.29) is 23.7 Å². The summed E-state index contributed by atoms with van der Waals surface area (Å²) in [5.74, 6) is -0.400. The molecule has 0 unspecified atom stereocenters. The van der Waals surface area contributed by atoms with Crippen molar-refractivity contribution in [3.8, 4) is 11.9 Å². The van der Waals surface area contributed by atoms with Crippen LogP contribution in [0, 0.1) is 11.3 Å². The average molecular weight is 206 g/mol. The number of aromatic nitrogens is 1. The van der Waals surface area contributed by atoms with E-state index in [2.05, 4.69) is 4.98 Å². The Labute approximate surface area is 87.3 Å². The molecule has 0 aromatic carbocycles. The van der Waals surface area contributed by atoms with E-state index in [0.29, 0.717) is 0 Å². The highest BCUT2D eigenvalue weighted by atomic mass is 16.5. The highest BCUT2D eigenvalue weighted by Gasteiger charge is 2.12. The van der Waals surface area contributed by atoms with Gasteiger partial charge in [-0.15, -0.1) is 0 Å². The number of rotatable bonds is 3. The van der Waals surface area contributed by atoms with Gasteiger partial charge >= 0.3 is 5.97 Å². The van der Waals surface area contributed by atoms with Crippen LogP contribution in [0.15, 0.2) is 12.1 Å². The van der Waals surface area contributed by atoms with Crippen LogP contribution in [-0.2, 0) is 4.74 Å². The first-order valence-electron chi connectivity index (χ1n) is 4.35. The number of nitriles is 1. The fourth-order valence-corrected chi connectivity index (χ4v) is 1.000. The normalized spacial score (nSPS) is 9.13. The summed E-state index contributed by atoms with van der Waals surface area (Å²) in [4.78, 5) is 15.2. The van der Waals surface area contributed by atoms with Crippen LogP contribution in [0.3, 0.4) is 0 Å². The number of pyridine rings is 1. The Kier molecular flexibility index (Phi) is 3.63. The molecule has 0 radical (unpaired) electrons. The zero-order chi connectivity index (χ0) is 11.3. The van der Waals surface area contributed by atoms with Gasteiger partial charge in [0.1, 0.15) is 11.6 Å². The third-order valence-electron chi connectivity index (χ3n) is 1.66. The molecular weight excluding hydrogens is 196 g/mol. The molecule has 1 aromatic heterocycles. The quantitative estimate of drug-likeness (QED) is 0.693. The predicted molar refractivity (Wildman–Crippen MR) is 51.5 cm³/mol. The van der Waals surface area contributed by atoms with Crippen LogP contribution in [0.25, 0.3) is 0 Å². The maximum atomic E-state index is 11.3. The Morgan fingerprint density at radius 2 is 2.33 bits per heavy atom. The molecule has 0 bridgehead atoms. The maximum Gasteiger partial charge on any atom is 0.357 e. The Morgan fingerprint density at radius 3 is 2.87 bits per heavy atom. The van der Waals surface area contributed by atoms with Crippen LogP contribution in [0.1, 0.15) is 23.0 Å². The van der Waals surface area contributed by atoms with Crippen molar-refractivity contribution >= 4 is 5.97 Å². The lowest BCUT2D eigenvalue weighted by atomic mass is 10.2. The van der Waals surface area contributed by atoms with Crippen molar-refractivity contribution in [1.82, 2.24) is 4.98 Å². The molecule has 0 saturated carbocycles. The minimum atomic E-state index is -0.528. The monoisotopic (exact) mass is 206 g/mol. The molecule has 1 rings (SSSR count). The van der Waals surface area contributed by atoms with E-state index in [1.165, 1.54) is 19.2 Å². The Morgan fingerprint density at radius 1 is 1.60 bits per heavy atom. The second-order valence-corrected chi connectivity index (χ2v) is 2.59. The van der Waals surface area contributed by atoms with Crippen LogP contribution >= 0.6 is 0 Å². The van der Waals surface area contributed by atoms with Gasteiger partial charge in [-0.1, -0.05) is 0 Å². The van der Waals surface area contributed by atoms with E-state index < -0.39 is 5.97 Å². The summed E-state index contributed by atoms with van der Waals surface area (Å²) >= 11 is 0. The molecule has 5 nitrogen and oxygen atoms in total. The first-order chi connectivity index (χ1) is 7.22. The van der Waals surface area contributed by atoms with Crippen LogP contribution in [-0.4, -0.2) is 24.7 Å². The molecule has 0 amide bonds. The van der Waals surface area contributed by atoms with Gasteiger partial charge in [0.15, 0.2) is 5.69 Å². The Hall–Kier alpha value is -2.09. The van der Waals surface area contributed by atoms with E-state index >= 15 is 0 Å². The molecule has 0 spiro atoms. The second kappa shape index (κ2) is 4.96. The SMILES string of the molecule is CCOC(=O)c1ccc(C#N)c(OC)n1. The number of hydrogen-bond acceptors (Lipinski definition) is 5. The molecule has 15 heavy (non-hydrogen) atoms. The molecule has 0 atom stereocenters. The standard InChI is InChI=1S/C10H10N2O3/c1-3-15-10(13)8-5-4-7(6-11)9(12-8)14-2/h4-5H,3H2,1-2H3. The number of ether oxygens (including phenoxy) is 2. The van der Waals surface area contributed by atoms with E-state index in [4.69, 9.17) is 14.7 Å². The second-order valence-electron chi connectivity index (χ2n) is 2.59. The van der Waals surface area contributed by atoms with Gasteiger partial charge < -0.3 is 9.47 Å². The van der Waals surface area contributed by atoms with Crippen LogP contribution < -0.4 is 4.74 Å². The summed E-state index contributed by atoms with van der Waals surface area (Å²) in [6.45, 7) is 1.99. The third-order valence-corrected chi connectivity index (χ3v) is 1.66. The van der Waals surface area contributed by atoms with Crippen molar-refractivity contribution < 1.29 is 14.3 Å². The molecule has 0 fully saturated rings. The molecule has 0 N–H and O–H groups in total. The lowest BCUT2D eigenvalue weighted by Crippen LogP contribution is -2.08. The Balaban J connectivity index is 3.04. The van der Waals surface area contributed by atoms with Gasteiger partial charge in [0.25, 0.3) is 0 Å². The zero-order valence-electron chi connectivity index (χ0n) is 8.48. The van der Waals surface area contributed by atoms with Gasteiger partial charge in [0, 0.05) is 0 Å². The first-order valence-corrected chi connectivity index (χ1v) is 4.35. The van der Waals surface area contributed by atoms with Gasteiger partial charge in [-0.05, 0) is 19.1 Å². The van der Waals surface area contributed by atoms with Crippen molar-refractivity contribution in [2.24, 2.45) is 0 Å². The minimum Gasteiger partial charge on any atom is -0.480 e. The molecule has 0 aliphatic rings. The summed E-state index contributed by atoms with van der Waals surface area (Å²) in [5.41, 5.74) is 0.415. The molecular formula is C10H10N2O3. The van der Waals surface area contributed by atoms with Crippen LogP contribution in [0.5, 0.6) is 5.88 Å². The predicted octanol–water partition coefficient (Wildman–Crippen LogP) is 1.14. The van der Waals surface area contributed by atoms with Crippen LogP contribution in [0.4, 0.5) is 0 Å². The van der Waals surface area contributed by atoms with E-state index in [9.17, 15) is 4.79 Å². The molecule has 5 heteroatoms. The van der Waals surface area contributed by atoms with Crippen molar-refractivity contribution in [2.45, 2.75) is 6.92 Å². The smallest absolute Gasteiger partial charge is 0.357 e. The fourth-order valence-electron chi connectivity index (χ4n) is 1.000. The maximum absolute atomic E-state index is 11.3. The van der Waals surface area contributed by atoms with Gasteiger partial charge in [-0.3, -0.25) is 0 Å². The largest absolute Gasteiger partial charge is 0.480 e. The summed E-state index contributed by atoms with van der Waals surface area (Å²) in [6.07, 6.45) is 0. The summed E-state index contributed by atoms with van der Waals surface area (Å²) < 4.78 is 9.62. The number of methoxy groups -OCH3 is 1. The number of carbonyl (C=O) groups is 1. The van der Waals surface area contributed by atoms with Gasteiger partial charge in [-0.2, -0.15) is 5.26 Å². The molecule has 0 aliphatic carbocycles. The molecule has 1 aromatic rings. The summed E-state index contributed by atoms with van der Waals surface area (Å²) in [6, 6.07) is 4.80. The van der Waals surface area contributed by atoms with Gasteiger partial charge in [0.05, 0.1) is 13.7 Å². The van der Waals surface area contributed by atoms with Crippen molar-refractivity contribution in [2.75, 3.05) is 13.7 Å². The number of carbonyl (C=O) groups excluding carboxylic acids is 1.